The second-order valence-electron chi connectivity index (χ2n) is 3.03. The molecule has 0 saturated carbocycles. The summed E-state index contributed by atoms with van der Waals surface area (Å²) in [6.45, 7) is 3.47. The molecular formula is C11H13FO2. The molecule has 0 saturated heterocycles. The van der Waals surface area contributed by atoms with Crippen LogP contribution < -0.4 is 4.74 Å². The van der Waals surface area contributed by atoms with Crippen molar-refractivity contribution >= 4 is 5.78 Å². The van der Waals surface area contributed by atoms with E-state index < -0.39 is 6.10 Å². The van der Waals surface area contributed by atoms with Gasteiger partial charge in [-0.2, -0.15) is 0 Å². The average molecular weight is 196 g/mol. The third-order valence-corrected chi connectivity index (χ3v) is 1.93. The minimum absolute atomic E-state index is 0.0364. The normalized spacial score (nSPS) is 12.2. The molecule has 0 aliphatic carbocycles. The van der Waals surface area contributed by atoms with Crippen molar-refractivity contribution in [3.8, 4) is 5.75 Å². The maximum absolute atomic E-state index is 12.5. The lowest BCUT2D eigenvalue weighted by molar-refractivity contribution is -0.124. The van der Waals surface area contributed by atoms with Gasteiger partial charge in [-0.1, -0.05) is 6.92 Å². The average Bonchev–Trinajstić information content (AvgIpc) is 2.20. The van der Waals surface area contributed by atoms with E-state index >= 15 is 0 Å². The van der Waals surface area contributed by atoms with Gasteiger partial charge in [-0.05, 0) is 31.2 Å². The van der Waals surface area contributed by atoms with Gasteiger partial charge in [0.1, 0.15) is 11.6 Å². The molecule has 0 aliphatic heterocycles. The zero-order valence-corrected chi connectivity index (χ0v) is 8.29. The summed E-state index contributed by atoms with van der Waals surface area (Å²) in [5, 5.41) is 0. The van der Waals surface area contributed by atoms with Crippen molar-refractivity contribution in [3.63, 3.8) is 0 Å². The molecule has 76 valence electrons. The fourth-order valence-electron chi connectivity index (χ4n) is 1.07. The van der Waals surface area contributed by atoms with Crippen molar-refractivity contribution in [1.82, 2.24) is 0 Å². The van der Waals surface area contributed by atoms with Gasteiger partial charge in [-0.15, -0.1) is 0 Å². The Labute approximate surface area is 82.7 Å². The van der Waals surface area contributed by atoms with Crippen molar-refractivity contribution in [2.45, 2.75) is 26.4 Å². The number of ether oxygens (including phenoxy) is 1. The number of halogens is 1. The summed E-state index contributed by atoms with van der Waals surface area (Å²) in [4.78, 5) is 11.2. The third-order valence-electron chi connectivity index (χ3n) is 1.93. The van der Waals surface area contributed by atoms with Crippen molar-refractivity contribution in [2.24, 2.45) is 0 Å². The van der Waals surface area contributed by atoms with Gasteiger partial charge in [0, 0.05) is 6.42 Å². The number of Topliss-reactive ketones (excluding diaryl/α,β-unsaturated/α-hetero) is 1. The molecule has 0 aromatic heterocycles. The fraction of sp³-hybridized carbons (Fsp3) is 0.364. The van der Waals surface area contributed by atoms with E-state index in [1.54, 1.807) is 13.8 Å². The van der Waals surface area contributed by atoms with Crippen molar-refractivity contribution in [1.29, 1.82) is 0 Å². The molecular weight excluding hydrogens is 183 g/mol. The summed E-state index contributed by atoms with van der Waals surface area (Å²) in [6.07, 6.45) is -0.0204. The minimum Gasteiger partial charge on any atom is -0.483 e. The Morgan fingerprint density at radius 3 is 2.50 bits per heavy atom. The van der Waals surface area contributed by atoms with E-state index in [0.29, 0.717) is 12.2 Å². The minimum atomic E-state index is -0.467. The fourth-order valence-corrected chi connectivity index (χ4v) is 1.07. The maximum atomic E-state index is 12.5. The number of rotatable bonds is 4. The van der Waals surface area contributed by atoms with Crippen LogP contribution in [0.2, 0.25) is 0 Å². The summed E-state index contributed by atoms with van der Waals surface area (Å²) in [6, 6.07) is 5.63. The molecule has 1 atom stereocenters. The summed E-state index contributed by atoms with van der Waals surface area (Å²) in [5.74, 6) is 0.238. The van der Waals surface area contributed by atoms with E-state index in [-0.39, 0.29) is 11.6 Å². The van der Waals surface area contributed by atoms with Gasteiger partial charge >= 0.3 is 0 Å². The first-order valence-electron chi connectivity index (χ1n) is 4.58. The number of carbonyl (C=O) groups is 1. The van der Waals surface area contributed by atoms with Crippen LogP contribution in [0.3, 0.4) is 0 Å². The molecule has 3 heteroatoms. The highest BCUT2D eigenvalue weighted by atomic mass is 19.1. The van der Waals surface area contributed by atoms with Crippen LogP contribution in [0.25, 0.3) is 0 Å². The molecule has 2 nitrogen and oxygen atoms in total. The molecule has 1 aromatic rings. The lowest BCUT2D eigenvalue weighted by Crippen LogP contribution is -2.22. The predicted octanol–water partition coefficient (Wildman–Crippen LogP) is 2.57. The summed E-state index contributed by atoms with van der Waals surface area (Å²) >= 11 is 0. The van der Waals surface area contributed by atoms with Crippen LogP contribution in [-0.2, 0) is 4.79 Å². The first-order valence-corrected chi connectivity index (χ1v) is 4.58. The smallest absolute Gasteiger partial charge is 0.172 e. The van der Waals surface area contributed by atoms with Crippen LogP contribution in [-0.4, -0.2) is 11.9 Å². The van der Waals surface area contributed by atoms with Gasteiger partial charge in [-0.3, -0.25) is 4.79 Å². The molecule has 1 unspecified atom stereocenters. The van der Waals surface area contributed by atoms with E-state index in [4.69, 9.17) is 4.74 Å². The number of carbonyl (C=O) groups excluding carboxylic acids is 1. The SMILES string of the molecule is CCC(=O)C(C)Oc1ccc(F)cc1. The van der Waals surface area contributed by atoms with E-state index in [1.165, 1.54) is 24.3 Å². The Balaban J connectivity index is 2.60. The van der Waals surface area contributed by atoms with Gasteiger partial charge in [0.2, 0.25) is 0 Å². The molecule has 0 N–H and O–H groups in total. The molecule has 14 heavy (non-hydrogen) atoms. The van der Waals surface area contributed by atoms with Crippen LogP contribution >= 0.6 is 0 Å². The lowest BCUT2D eigenvalue weighted by Gasteiger charge is -2.12. The molecule has 0 bridgehead atoms. The molecule has 0 spiro atoms. The molecule has 0 heterocycles. The third kappa shape index (κ3) is 2.83. The Morgan fingerprint density at radius 1 is 1.43 bits per heavy atom. The van der Waals surface area contributed by atoms with Crippen LogP contribution in [0.5, 0.6) is 5.75 Å². The molecule has 0 aliphatic rings. The topological polar surface area (TPSA) is 26.3 Å². The zero-order chi connectivity index (χ0) is 10.6. The van der Waals surface area contributed by atoms with E-state index in [0.717, 1.165) is 0 Å². The highest BCUT2D eigenvalue weighted by Gasteiger charge is 2.11. The highest BCUT2D eigenvalue weighted by molar-refractivity contribution is 5.82. The zero-order valence-electron chi connectivity index (χ0n) is 8.29. The first kappa shape index (κ1) is 10.7. The number of hydrogen-bond donors (Lipinski definition) is 0. The first-order chi connectivity index (χ1) is 6.63. The van der Waals surface area contributed by atoms with E-state index in [1.807, 2.05) is 0 Å². The van der Waals surface area contributed by atoms with Gasteiger partial charge in [0.25, 0.3) is 0 Å². The second kappa shape index (κ2) is 4.74. The molecule has 0 radical (unpaired) electrons. The standard InChI is InChI=1S/C11H13FO2/c1-3-11(13)8(2)14-10-6-4-9(12)5-7-10/h4-8H,3H2,1-2H3. The molecule has 1 rings (SSSR count). The van der Waals surface area contributed by atoms with Crippen molar-refractivity contribution in [3.05, 3.63) is 30.1 Å². The summed E-state index contributed by atoms with van der Waals surface area (Å²) in [5.41, 5.74) is 0. The van der Waals surface area contributed by atoms with E-state index in [2.05, 4.69) is 0 Å². The number of hydrogen-bond acceptors (Lipinski definition) is 2. The highest BCUT2D eigenvalue weighted by Crippen LogP contribution is 2.13. The van der Waals surface area contributed by atoms with Gasteiger partial charge in [-0.25, -0.2) is 4.39 Å². The van der Waals surface area contributed by atoms with Gasteiger partial charge in [0.15, 0.2) is 11.9 Å². The summed E-state index contributed by atoms with van der Waals surface area (Å²) in [7, 11) is 0. The largest absolute Gasteiger partial charge is 0.483 e. The maximum Gasteiger partial charge on any atom is 0.172 e. The Kier molecular flexibility index (Phi) is 3.63. The number of benzene rings is 1. The molecule has 0 amide bonds. The number of ketones is 1. The lowest BCUT2D eigenvalue weighted by atomic mass is 10.2. The Hall–Kier alpha value is -1.38. The Bertz CT molecular complexity index is 306. The quantitative estimate of drug-likeness (QED) is 0.739. The Morgan fingerprint density at radius 2 is 2.00 bits per heavy atom. The second-order valence-corrected chi connectivity index (χ2v) is 3.03. The van der Waals surface area contributed by atoms with Gasteiger partial charge < -0.3 is 4.74 Å². The van der Waals surface area contributed by atoms with Crippen LogP contribution in [0.4, 0.5) is 4.39 Å². The van der Waals surface area contributed by atoms with Crippen molar-refractivity contribution in [2.75, 3.05) is 0 Å². The predicted molar refractivity (Wildman–Crippen MR) is 51.8 cm³/mol. The van der Waals surface area contributed by atoms with Crippen LogP contribution in [0, 0.1) is 5.82 Å². The monoisotopic (exact) mass is 196 g/mol. The van der Waals surface area contributed by atoms with Crippen LogP contribution in [0.1, 0.15) is 20.3 Å². The molecule has 0 fully saturated rings. The summed E-state index contributed by atoms with van der Waals surface area (Å²) < 4.78 is 17.8. The van der Waals surface area contributed by atoms with Crippen LogP contribution in [0.15, 0.2) is 24.3 Å². The van der Waals surface area contributed by atoms with Crippen molar-refractivity contribution < 1.29 is 13.9 Å². The molecule has 1 aromatic carbocycles. The van der Waals surface area contributed by atoms with Gasteiger partial charge in [0.05, 0.1) is 0 Å². The van der Waals surface area contributed by atoms with E-state index in [9.17, 15) is 9.18 Å².